The maximum atomic E-state index is 12.9. The number of carbonyl (C=O) groups is 1. The van der Waals surface area contributed by atoms with Gasteiger partial charge in [-0.05, 0) is 60.2 Å². The molecule has 3 aromatic heterocycles. The van der Waals surface area contributed by atoms with E-state index in [9.17, 15) is 4.79 Å². The number of amides is 1. The van der Waals surface area contributed by atoms with Crippen LogP contribution >= 0.6 is 12.2 Å². The Kier molecular flexibility index (Phi) is 7.41. The number of aromatic nitrogens is 3. The Bertz CT molecular complexity index is 1360. The average Bonchev–Trinajstić information content (AvgIpc) is 3.52. The van der Waals surface area contributed by atoms with Gasteiger partial charge in [0.1, 0.15) is 5.75 Å². The maximum absolute atomic E-state index is 12.9. The van der Waals surface area contributed by atoms with Gasteiger partial charge in [-0.3, -0.25) is 14.8 Å². The summed E-state index contributed by atoms with van der Waals surface area (Å²) in [6, 6.07) is 21.1. The third-order valence-corrected chi connectivity index (χ3v) is 6.75. The van der Waals surface area contributed by atoms with E-state index < -0.39 is 0 Å². The number of thiocarbonyl (C=S) groups is 1. The van der Waals surface area contributed by atoms with Crippen molar-refractivity contribution in [1.82, 2.24) is 24.8 Å². The molecule has 1 aromatic carbocycles. The van der Waals surface area contributed by atoms with Crippen molar-refractivity contribution in [2.24, 2.45) is 0 Å². The number of benzene rings is 1. The largest absolute Gasteiger partial charge is 0.495 e. The second-order valence-corrected chi connectivity index (χ2v) is 9.13. The Morgan fingerprint density at radius 1 is 1.08 bits per heavy atom. The topological polar surface area (TPSA) is 84.3 Å². The fourth-order valence-corrected chi connectivity index (χ4v) is 5.01. The van der Waals surface area contributed by atoms with Crippen LogP contribution in [-0.4, -0.2) is 44.1 Å². The third-order valence-electron chi connectivity index (χ3n) is 6.40. The summed E-state index contributed by atoms with van der Waals surface area (Å²) in [7, 11) is 1.59. The van der Waals surface area contributed by atoms with Gasteiger partial charge in [0.05, 0.1) is 30.6 Å². The van der Waals surface area contributed by atoms with Crippen LogP contribution in [0.5, 0.6) is 5.75 Å². The molecule has 1 amide bonds. The predicted octanol–water partition coefficient (Wildman–Crippen LogP) is 4.34. The number of anilines is 1. The third kappa shape index (κ3) is 5.46. The first kappa shape index (κ1) is 24.5. The molecule has 0 spiro atoms. The number of pyridine rings is 2. The van der Waals surface area contributed by atoms with E-state index in [1.807, 2.05) is 60.8 Å². The van der Waals surface area contributed by atoms with Crippen molar-refractivity contribution < 1.29 is 9.53 Å². The molecule has 188 valence electrons. The molecule has 1 fully saturated rings. The summed E-state index contributed by atoms with van der Waals surface area (Å²) >= 11 is 5.78. The van der Waals surface area contributed by atoms with Gasteiger partial charge in [0.25, 0.3) is 0 Å². The van der Waals surface area contributed by atoms with E-state index in [1.54, 1.807) is 19.5 Å². The first-order valence-corrected chi connectivity index (χ1v) is 12.5. The number of rotatable bonds is 9. The normalized spacial score (nSPS) is 16.9. The number of nitrogens with one attached hydrogen (secondary N) is 2. The van der Waals surface area contributed by atoms with Crippen molar-refractivity contribution in [3.63, 3.8) is 0 Å². The monoisotopic (exact) mass is 512 g/mol. The van der Waals surface area contributed by atoms with Crippen molar-refractivity contribution in [2.45, 2.75) is 25.0 Å². The van der Waals surface area contributed by atoms with E-state index in [1.165, 1.54) is 0 Å². The lowest BCUT2D eigenvalue weighted by molar-refractivity contribution is -0.116. The zero-order valence-electron chi connectivity index (χ0n) is 20.4. The first-order chi connectivity index (χ1) is 18.1. The van der Waals surface area contributed by atoms with Crippen molar-refractivity contribution in [3.8, 4) is 5.75 Å². The van der Waals surface area contributed by atoms with E-state index in [4.69, 9.17) is 17.0 Å². The summed E-state index contributed by atoms with van der Waals surface area (Å²) in [4.78, 5) is 23.9. The van der Waals surface area contributed by atoms with Crippen LogP contribution in [0.15, 0.2) is 91.5 Å². The van der Waals surface area contributed by atoms with Crippen molar-refractivity contribution in [3.05, 3.63) is 108 Å². The van der Waals surface area contributed by atoms with Crippen molar-refractivity contribution >= 4 is 28.9 Å². The molecule has 8 nitrogen and oxygen atoms in total. The molecule has 9 heteroatoms. The van der Waals surface area contributed by atoms with Crippen molar-refractivity contribution in [2.75, 3.05) is 19.0 Å². The molecule has 1 saturated heterocycles. The lowest BCUT2D eigenvalue weighted by atomic mass is 10.0. The van der Waals surface area contributed by atoms with Crippen LogP contribution in [0.3, 0.4) is 0 Å². The molecule has 2 atom stereocenters. The molecule has 1 aliphatic heterocycles. The van der Waals surface area contributed by atoms with Crippen LogP contribution in [-0.2, 0) is 11.3 Å². The zero-order chi connectivity index (χ0) is 25.6. The predicted molar refractivity (Wildman–Crippen MR) is 146 cm³/mol. The number of carbonyl (C=O) groups excluding carboxylic acids is 1. The van der Waals surface area contributed by atoms with Crippen LogP contribution in [0.25, 0.3) is 0 Å². The van der Waals surface area contributed by atoms with Gasteiger partial charge in [0, 0.05) is 50.0 Å². The van der Waals surface area contributed by atoms with Crippen LogP contribution in [0, 0.1) is 0 Å². The molecule has 0 aliphatic carbocycles. The molecule has 2 N–H and O–H groups in total. The SMILES string of the molecule is COc1ccccc1NC(=O)CCN1C(=S)NC(c2ccccn2)C1c1cccn1Cc1cccnc1. The lowest BCUT2D eigenvalue weighted by Gasteiger charge is -2.29. The van der Waals surface area contributed by atoms with Crippen molar-refractivity contribution in [1.29, 1.82) is 0 Å². The molecule has 2 unspecified atom stereocenters. The lowest BCUT2D eigenvalue weighted by Crippen LogP contribution is -2.33. The van der Waals surface area contributed by atoms with Gasteiger partial charge in [-0.15, -0.1) is 0 Å². The summed E-state index contributed by atoms with van der Waals surface area (Å²) in [5.74, 6) is 0.508. The summed E-state index contributed by atoms with van der Waals surface area (Å²) in [5.41, 5.74) is 3.72. The molecule has 4 heterocycles. The second kappa shape index (κ2) is 11.2. The Morgan fingerprint density at radius 3 is 2.73 bits per heavy atom. The fraction of sp³-hybridized carbons (Fsp3) is 0.214. The first-order valence-electron chi connectivity index (χ1n) is 12.1. The summed E-state index contributed by atoms with van der Waals surface area (Å²) < 4.78 is 7.57. The second-order valence-electron chi connectivity index (χ2n) is 8.74. The van der Waals surface area contributed by atoms with E-state index in [2.05, 4.69) is 48.4 Å². The molecule has 37 heavy (non-hydrogen) atoms. The van der Waals surface area contributed by atoms with E-state index in [0.717, 1.165) is 17.0 Å². The highest BCUT2D eigenvalue weighted by Crippen LogP contribution is 2.39. The maximum Gasteiger partial charge on any atom is 0.226 e. The van der Waals surface area contributed by atoms with Crippen LogP contribution in [0.2, 0.25) is 0 Å². The van der Waals surface area contributed by atoms with Gasteiger partial charge in [-0.2, -0.15) is 0 Å². The standard InChI is InChI=1S/C28H28N6O2S/c1-36-24-12-3-2-9-21(24)31-25(35)13-17-34-27(26(32-28(34)37)22-10-4-5-15-30-22)23-11-7-16-33(23)19-20-8-6-14-29-18-20/h2-12,14-16,18,26-27H,13,17,19H2,1H3,(H,31,35)(H,32,37). The Balaban J connectivity index is 1.40. The van der Waals surface area contributed by atoms with E-state index in [-0.39, 0.29) is 24.4 Å². The molecule has 0 radical (unpaired) electrons. The van der Waals surface area contributed by atoms with Gasteiger partial charge in [-0.25, -0.2) is 0 Å². The summed E-state index contributed by atoms with van der Waals surface area (Å²) in [5, 5.41) is 7.01. The average molecular weight is 513 g/mol. The number of nitrogens with zero attached hydrogens (tertiary/aromatic N) is 4. The zero-order valence-corrected chi connectivity index (χ0v) is 21.3. The molecule has 0 saturated carbocycles. The van der Waals surface area contributed by atoms with Gasteiger partial charge in [0.2, 0.25) is 5.91 Å². The minimum absolute atomic E-state index is 0.113. The molecular weight excluding hydrogens is 484 g/mol. The van der Waals surface area contributed by atoms with Gasteiger partial charge >= 0.3 is 0 Å². The quantitative estimate of drug-likeness (QED) is 0.323. The van der Waals surface area contributed by atoms with E-state index >= 15 is 0 Å². The summed E-state index contributed by atoms with van der Waals surface area (Å²) in [6.07, 6.45) is 7.75. The number of ether oxygens (including phenoxy) is 1. The molecular formula is C28H28N6O2S. The van der Waals surface area contributed by atoms with E-state index in [0.29, 0.717) is 29.6 Å². The summed E-state index contributed by atoms with van der Waals surface area (Å²) in [6.45, 7) is 1.12. The van der Waals surface area contributed by atoms with Gasteiger partial charge in [-0.1, -0.05) is 24.3 Å². The minimum Gasteiger partial charge on any atom is -0.495 e. The highest BCUT2D eigenvalue weighted by atomic mass is 32.1. The van der Waals surface area contributed by atoms with Crippen LogP contribution < -0.4 is 15.4 Å². The molecule has 1 aliphatic rings. The Hall–Kier alpha value is -4.24. The van der Waals surface area contributed by atoms with Gasteiger partial charge < -0.3 is 24.8 Å². The Morgan fingerprint density at radius 2 is 1.95 bits per heavy atom. The molecule has 4 aromatic rings. The number of para-hydroxylation sites is 2. The highest BCUT2D eigenvalue weighted by Gasteiger charge is 2.41. The minimum atomic E-state index is -0.159. The fourth-order valence-electron chi connectivity index (χ4n) is 4.68. The Labute approximate surface area is 221 Å². The van der Waals surface area contributed by atoms with Gasteiger partial charge in [0.15, 0.2) is 5.11 Å². The number of hydrogen-bond acceptors (Lipinski definition) is 5. The highest BCUT2D eigenvalue weighted by molar-refractivity contribution is 7.80. The smallest absolute Gasteiger partial charge is 0.226 e. The number of methoxy groups -OCH3 is 1. The molecule has 5 rings (SSSR count). The number of hydrogen-bond donors (Lipinski definition) is 2. The van der Waals surface area contributed by atoms with Crippen LogP contribution in [0.1, 0.15) is 35.5 Å². The van der Waals surface area contributed by atoms with Crippen LogP contribution in [0.4, 0.5) is 5.69 Å². The molecule has 0 bridgehead atoms.